The maximum atomic E-state index is 13.3. The van der Waals surface area contributed by atoms with Crippen LogP contribution in [0.5, 0.6) is 0 Å². The normalized spacial score (nSPS) is 11.7. The molecular formula is C21H18F3N3O3S. The van der Waals surface area contributed by atoms with E-state index in [0.29, 0.717) is 17.7 Å². The van der Waals surface area contributed by atoms with Crippen molar-refractivity contribution in [3.05, 3.63) is 89.2 Å². The quantitative estimate of drug-likeness (QED) is 0.592. The van der Waals surface area contributed by atoms with Gasteiger partial charge in [-0.1, -0.05) is 23.8 Å². The Hall–Kier alpha value is -3.40. The molecule has 0 bridgehead atoms. The van der Waals surface area contributed by atoms with Gasteiger partial charge in [0.1, 0.15) is 0 Å². The summed E-state index contributed by atoms with van der Waals surface area (Å²) in [6.07, 6.45) is -1.72. The Morgan fingerprint density at radius 1 is 1.06 bits per heavy atom. The molecule has 2 N–H and O–H groups in total. The maximum absolute atomic E-state index is 13.3. The van der Waals surface area contributed by atoms with Crippen LogP contribution < -0.4 is 10.0 Å². The molecule has 0 aliphatic carbocycles. The van der Waals surface area contributed by atoms with Gasteiger partial charge in [-0.15, -0.1) is 0 Å². The van der Waals surface area contributed by atoms with Gasteiger partial charge in [0.2, 0.25) is 0 Å². The van der Waals surface area contributed by atoms with Crippen LogP contribution in [0.15, 0.2) is 71.9 Å². The molecule has 3 aromatic rings. The minimum Gasteiger partial charge on any atom is -0.348 e. The van der Waals surface area contributed by atoms with Gasteiger partial charge in [-0.05, 0) is 48.9 Å². The topological polar surface area (TPSA) is 88.2 Å². The monoisotopic (exact) mass is 449 g/mol. The fourth-order valence-corrected chi connectivity index (χ4v) is 3.74. The predicted octanol–water partition coefficient (Wildman–Crippen LogP) is 4.14. The third-order valence-electron chi connectivity index (χ3n) is 4.28. The van der Waals surface area contributed by atoms with E-state index >= 15 is 0 Å². The highest BCUT2D eigenvalue weighted by molar-refractivity contribution is 7.92. The van der Waals surface area contributed by atoms with E-state index in [-0.39, 0.29) is 22.7 Å². The zero-order valence-electron chi connectivity index (χ0n) is 16.3. The third kappa shape index (κ3) is 5.82. The number of nitrogens with zero attached hydrogens (tertiary/aromatic N) is 1. The van der Waals surface area contributed by atoms with Crippen molar-refractivity contribution in [1.29, 1.82) is 0 Å². The number of pyridine rings is 1. The summed E-state index contributed by atoms with van der Waals surface area (Å²) in [4.78, 5) is 16.2. The Morgan fingerprint density at radius 2 is 1.77 bits per heavy atom. The lowest BCUT2D eigenvalue weighted by atomic mass is 10.1. The van der Waals surface area contributed by atoms with Crippen molar-refractivity contribution in [2.75, 3.05) is 4.72 Å². The summed E-state index contributed by atoms with van der Waals surface area (Å²) in [5.74, 6) is -0.786. The first-order chi connectivity index (χ1) is 14.5. The van der Waals surface area contributed by atoms with Gasteiger partial charge in [0.25, 0.3) is 15.9 Å². The molecule has 0 unspecified atom stereocenters. The highest BCUT2D eigenvalue weighted by Crippen LogP contribution is 2.32. The molecule has 3 rings (SSSR count). The molecule has 0 aliphatic rings. The summed E-state index contributed by atoms with van der Waals surface area (Å²) in [6, 6.07) is 11.5. The summed E-state index contributed by atoms with van der Waals surface area (Å²) in [7, 11) is -4.15. The van der Waals surface area contributed by atoms with Crippen molar-refractivity contribution in [3.63, 3.8) is 0 Å². The average molecular weight is 449 g/mol. The Morgan fingerprint density at radius 3 is 2.39 bits per heavy atom. The van der Waals surface area contributed by atoms with E-state index in [0.717, 1.165) is 11.6 Å². The molecule has 2 aromatic carbocycles. The van der Waals surface area contributed by atoms with Crippen LogP contribution in [0.25, 0.3) is 0 Å². The van der Waals surface area contributed by atoms with Crippen molar-refractivity contribution < 1.29 is 26.4 Å². The van der Waals surface area contributed by atoms with Crippen LogP contribution in [-0.4, -0.2) is 19.3 Å². The fourth-order valence-electron chi connectivity index (χ4n) is 2.70. The number of aromatic nitrogens is 1. The first-order valence-corrected chi connectivity index (χ1v) is 10.5. The number of hydrogen-bond donors (Lipinski definition) is 2. The van der Waals surface area contributed by atoms with Crippen LogP contribution in [0.3, 0.4) is 0 Å². The minimum atomic E-state index is -4.77. The van der Waals surface area contributed by atoms with Crippen molar-refractivity contribution in [3.8, 4) is 0 Å². The van der Waals surface area contributed by atoms with Gasteiger partial charge in [0.15, 0.2) is 0 Å². The first kappa shape index (κ1) is 22.3. The Bertz CT molecular complexity index is 1180. The second-order valence-electron chi connectivity index (χ2n) is 6.76. The van der Waals surface area contributed by atoms with Gasteiger partial charge < -0.3 is 5.32 Å². The van der Waals surface area contributed by atoms with E-state index in [1.54, 1.807) is 37.4 Å². The van der Waals surface area contributed by atoms with Gasteiger partial charge in [0.05, 0.1) is 16.1 Å². The molecule has 0 fully saturated rings. The fraction of sp³-hybridized carbons (Fsp3) is 0.143. The molecule has 1 heterocycles. The predicted molar refractivity (Wildman–Crippen MR) is 109 cm³/mol. The van der Waals surface area contributed by atoms with Gasteiger partial charge in [-0.3, -0.25) is 14.5 Å². The number of anilines is 1. The molecule has 10 heteroatoms. The van der Waals surface area contributed by atoms with Crippen LogP contribution in [0, 0.1) is 6.92 Å². The number of aryl methyl sites for hydroxylation is 1. The second kappa shape index (κ2) is 8.76. The molecule has 0 radical (unpaired) electrons. The summed E-state index contributed by atoms with van der Waals surface area (Å²) >= 11 is 0. The number of halogens is 3. The summed E-state index contributed by atoms with van der Waals surface area (Å²) in [6.45, 7) is 1.82. The molecule has 0 saturated heterocycles. The summed E-state index contributed by atoms with van der Waals surface area (Å²) in [5.41, 5.74) is -0.376. The van der Waals surface area contributed by atoms with Crippen molar-refractivity contribution in [1.82, 2.24) is 10.3 Å². The lowest BCUT2D eigenvalue weighted by molar-refractivity contribution is -0.137. The van der Waals surface area contributed by atoms with E-state index < -0.39 is 27.7 Å². The largest absolute Gasteiger partial charge is 0.416 e. The number of rotatable bonds is 6. The Labute approximate surface area is 177 Å². The van der Waals surface area contributed by atoms with E-state index in [2.05, 4.69) is 15.0 Å². The Balaban J connectivity index is 1.89. The number of carbonyl (C=O) groups is 1. The number of sulfonamides is 1. The molecule has 0 aliphatic heterocycles. The van der Waals surface area contributed by atoms with Crippen molar-refractivity contribution in [2.24, 2.45) is 0 Å². The summed E-state index contributed by atoms with van der Waals surface area (Å²) < 4.78 is 67.3. The number of benzene rings is 2. The van der Waals surface area contributed by atoms with Crippen LogP contribution in [0.2, 0.25) is 0 Å². The molecular weight excluding hydrogens is 431 g/mol. The van der Waals surface area contributed by atoms with Crippen molar-refractivity contribution in [2.45, 2.75) is 24.5 Å². The van der Waals surface area contributed by atoms with Crippen LogP contribution in [-0.2, 0) is 22.7 Å². The zero-order chi connectivity index (χ0) is 22.6. The summed E-state index contributed by atoms with van der Waals surface area (Å²) in [5, 5.41) is 2.50. The number of nitrogens with one attached hydrogen (secondary N) is 2. The lowest BCUT2D eigenvalue weighted by Crippen LogP contribution is -2.24. The van der Waals surface area contributed by atoms with Crippen molar-refractivity contribution >= 4 is 21.6 Å². The highest BCUT2D eigenvalue weighted by Gasteiger charge is 2.32. The Kier molecular flexibility index (Phi) is 6.30. The average Bonchev–Trinajstić information content (AvgIpc) is 2.72. The first-order valence-electron chi connectivity index (χ1n) is 9.03. The smallest absolute Gasteiger partial charge is 0.348 e. The molecule has 0 spiro atoms. The van der Waals surface area contributed by atoms with E-state index in [1.807, 2.05) is 0 Å². The molecule has 1 aromatic heterocycles. The van der Waals surface area contributed by atoms with E-state index in [4.69, 9.17) is 0 Å². The SMILES string of the molecule is Cc1ccc(S(=O)(=O)Nc2cc(C(=O)NCc3cccnc3)cc(C(F)(F)F)c2)cc1. The number of hydrogen-bond acceptors (Lipinski definition) is 4. The molecule has 0 atom stereocenters. The molecule has 1 amide bonds. The van der Waals surface area contributed by atoms with Crippen LogP contribution in [0.1, 0.15) is 27.0 Å². The standard InChI is InChI=1S/C21H18F3N3O3S/c1-14-4-6-19(7-5-14)31(29,30)27-18-10-16(9-17(11-18)21(22,23)24)20(28)26-13-15-3-2-8-25-12-15/h2-12,27H,13H2,1H3,(H,26,28). The minimum absolute atomic E-state index is 0.0490. The van der Waals surface area contributed by atoms with Crippen LogP contribution in [0.4, 0.5) is 18.9 Å². The lowest BCUT2D eigenvalue weighted by Gasteiger charge is -2.14. The maximum Gasteiger partial charge on any atom is 0.416 e. The molecule has 0 saturated carbocycles. The number of carbonyl (C=O) groups excluding carboxylic acids is 1. The molecule has 162 valence electrons. The van der Waals surface area contributed by atoms with Gasteiger partial charge in [-0.25, -0.2) is 8.42 Å². The van der Waals surface area contributed by atoms with Gasteiger partial charge in [-0.2, -0.15) is 13.2 Å². The van der Waals surface area contributed by atoms with E-state index in [9.17, 15) is 26.4 Å². The number of alkyl halides is 3. The molecule has 6 nitrogen and oxygen atoms in total. The van der Waals surface area contributed by atoms with Gasteiger partial charge in [0, 0.05) is 24.5 Å². The molecule has 31 heavy (non-hydrogen) atoms. The second-order valence-corrected chi connectivity index (χ2v) is 8.44. The van der Waals surface area contributed by atoms with E-state index in [1.165, 1.54) is 18.3 Å². The van der Waals surface area contributed by atoms with Crippen LogP contribution >= 0.6 is 0 Å². The highest BCUT2D eigenvalue weighted by atomic mass is 32.2. The van der Waals surface area contributed by atoms with Gasteiger partial charge >= 0.3 is 6.18 Å². The number of amides is 1. The zero-order valence-corrected chi connectivity index (χ0v) is 17.1. The third-order valence-corrected chi connectivity index (χ3v) is 5.68.